The van der Waals surface area contributed by atoms with Crippen LogP contribution in [0.3, 0.4) is 0 Å². The van der Waals surface area contributed by atoms with Gasteiger partial charge in [-0.2, -0.15) is 5.10 Å². The number of pyridine rings is 1. The van der Waals surface area contributed by atoms with Crippen LogP contribution in [0.25, 0.3) is 0 Å². The van der Waals surface area contributed by atoms with Gasteiger partial charge in [-0.25, -0.2) is 4.98 Å². The number of carbonyl (C=O) groups excluding carboxylic acids is 1. The molecule has 1 amide bonds. The number of hydrogen-bond acceptors (Lipinski definition) is 5. The van der Waals surface area contributed by atoms with Crippen LogP contribution in [0.4, 0.5) is 11.6 Å². The molecule has 1 aliphatic heterocycles. The molecular weight excluding hydrogens is 304 g/mol. The fourth-order valence-electron chi connectivity index (χ4n) is 3.23. The third-order valence-corrected chi connectivity index (χ3v) is 4.34. The lowest BCUT2D eigenvalue weighted by atomic mass is 10.1. The Hall–Kier alpha value is -2.57. The van der Waals surface area contributed by atoms with E-state index in [1.165, 1.54) is 0 Å². The first-order valence-corrected chi connectivity index (χ1v) is 8.27. The third kappa shape index (κ3) is 3.34. The second kappa shape index (κ2) is 6.90. The lowest BCUT2D eigenvalue weighted by Gasteiger charge is -2.34. The lowest BCUT2D eigenvalue weighted by molar-refractivity contribution is 0.0963. The number of aromatic nitrogens is 3. The molecule has 0 saturated carbocycles. The van der Waals surface area contributed by atoms with Crippen LogP contribution >= 0.6 is 0 Å². The largest absolute Gasteiger partial charge is 0.365 e. The number of nitrogens with zero attached hydrogens (tertiary/aromatic N) is 4. The second-order valence-electron chi connectivity index (χ2n) is 6.18. The molecule has 2 aromatic rings. The van der Waals surface area contributed by atoms with Crippen LogP contribution in [0.15, 0.2) is 24.4 Å². The number of piperidine rings is 1. The fraction of sp³-hybridized carbons (Fsp3) is 0.471. The van der Waals surface area contributed by atoms with Crippen molar-refractivity contribution in [2.75, 3.05) is 30.4 Å². The summed E-state index contributed by atoms with van der Waals surface area (Å²) in [5, 5.41) is 10.5. The van der Waals surface area contributed by atoms with Crippen LogP contribution in [0, 0.1) is 6.92 Å². The van der Waals surface area contributed by atoms with Gasteiger partial charge in [0.15, 0.2) is 0 Å². The van der Waals surface area contributed by atoms with E-state index in [2.05, 4.69) is 31.7 Å². The van der Waals surface area contributed by atoms with Crippen molar-refractivity contribution in [1.29, 1.82) is 0 Å². The molecule has 1 unspecified atom stereocenters. The van der Waals surface area contributed by atoms with Gasteiger partial charge in [-0.15, -0.1) is 0 Å². The second-order valence-corrected chi connectivity index (χ2v) is 6.18. The molecule has 0 spiro atoms. The first-order valence-electron chi connectivity index (χ1n) is 8.27. The fourth-order valence-corrected chi connectivity index (χ4v) is 3.23. The highest BCUT2D eigenvalue weighted by Gasteiger charge is 2.23. The quantitative estimate of drug-likeness (QED) is 0.891. The standard InChI is InChI=1S/C17H24N6O/c1-12-10-15(22(3)21-12)23-9-5-6-13(11-23)20-16-14(17(24)18-2)7-4-8-19-16/h4,7-8,10,13H,5-6,9,11H2,1-3H3,(H,18,24)(H,19,20). The predicted octanol–water partition coefficient (Wildman–Crippen LogP) is 1.56. The van der Waals surface area contributed by atoms with Gasteiger partial charge in [-0.3, -0.25) is 9.48 Å². The molecule has 1 aliphatic rings. The minimum atomic E-state index is -0.125. The van der Waals surface area contributed by atoms with Crippen LogP contribution in [0.5, 0.6) is 0 Å². The summed E-state index contributed by atoms with van der Waals surface area (Å²) in [4.78, 5) is 18.7. The van der Waals surface area contributed by atoms with Gasteiger partial charge in [0.1, 0.15) is 11.6 Å². The smallest absolute Gasteiger partial charge is 0.254 e. The van der Waals surface area contributed by atoms with Crippen LogP contribution in [-0.4, -0.2) is 46.9 Å². The van der Waals surface area contributed by atoms with Gasteiger partial charge in [0.05, 0.1) is 11.3 Å². The van der Waals surface area contributed by atoms with E-state index in [1.807, 2.05) is 18.7 Å². The molecule has 7 nitrogen and oxygen atoms in total. The van der Waals surface area contributed by atoms with Crippen LogP contribution in [-0.2, 0) is 7.05 Å². The highest BCUT2D eigenvalue weighted by Crippen LogP contribution is 2.23. The summed E-state index contributed by atoms with van der Waals surface area (Å²) in [6.07, 6.45) is 3.85. The van der Waals surface area contributed by atoms with Crippen LogP contribution in [0.1, 0.15) is 28.9 Å². The van der Waals surface area contributed by atoms with E-state index in [0.29, 0.717) is 11.4 Å². The summed E-state index contributed by atoms with van der Waals surface area (Å²) in [5.41, 5.74) is 1.60. The maximum atomic E-state index is 12.0. The molecule has 1 atom stereocenters. The minimum Gasteiger partial charge on any atom is -0.365 e. The predicted molar refractivity (Wildman–Crippen MR) is 94.4 cm³/mol. The van der Waals surface area contributed by atoms with Crippen molar-refractivity contribution in [2.24, 2.45) is 7.05 Å². The zero-order valence-electron chi connectivity index (χ0n) is 14.4. The summed E-state index contributed by atoms with van der Waals surface area (Å²) in [7, 11) is 3.61. The van der Waals surface area contributed by atoms with Gasteiger partial charge in [0.25, 0.3) is 5.91 Å². The Morgan fingerprint density at radius 3 is 2.96 bits per heavy atom. The van der Waals surface area contributed by atoms with Crippen molar-refractivity contribution in [3.05, 3.63) is 35.7 Å². The number of amides is 1. The van der Waals surface area contributed by atoms with E-state index in [-0.39, 0.29) is 11.9 Å². The summed E-state index contributed by atoms with van der Waals surface area (Å²) < 4.78 is 1.93. The topological polar surface area (TPSA) is 75.1 Å². The zero-order chi connectivity index (χ0) is 17.1. The molecule has 3 rings (SSSR count). The molecule has 1 fully saturated rings. The van der Waals surface area contributed by atoms with Gasteiger partial charge in [-0.1, -0.05) is 0 Å². The van der Waals surface area contributed by atoms with Crippen molar-refractivity contribution < 1.29 is 4.79 Å². The first kappa shape index (κ1) is 16.3. The van der Waals surface area contributed by atoms with E-state index >= 15 is 0 Å². The Morgan fingerprint density at radius 2 is 2.25 bits per heavy atom. The SMILES string of the molecule is CNC(=O)c1cccnc1NC1CCCN(c2cc(C)nn2C)C1. The summed E-state index contributed by atoms with van der Waals surface area (Å²) in [6.45, 7) is 3.89. The van der Waals surface area contributed by atoms with E-state index in [9.17, 15) is 4.79 Å². The van der Waals surface area contributed by atoms with E-state index in [1.54, 1.807) is 25.4 Å². The minimum absolute atomic E-state index is 0.125. The molecule has 1 saturated heterocycles. The maximum Gasteiger partial charge on any atom is 0.254 e. The molecule has 128 valence electrons. The average Bonchev–Trinajstić information content (AvgIpc) is 2.93. The molecule has 0 bridgehead atoms. The van der Waals surface area contributed by atoms with Crippen molar-refractivity contribution in [2.45, 2.75) is 25.8 Å². The molecular formula is C17H24N6O. The number of hydrogen-bond donors (Lipinski definition) is 2. The van der Waals surface area contributed by atoms with Gasteiger partial charge in [0.2, 0.25) is 0 Å². The summed E-state index contributed by atoms with van der Waals surface area (Å²) >= 11 is 0. The Bertz CT molecular complexity index is 726. The van der Waals surface area contributed by atoms with Gasteiger partial charge in [0, 0.05) is 45.5 Å². The molecule has 2 aromatic heterocycles. The molecule has 3 heterocycles. The van der Waals surface area contributed by atoms with Crippen molar-refractivity contribution >= 4 is 17.5 Å². The van der Waals surface area contributed by atoms with Crippen molar-refractivity contribution in [3.63, 3.8) is 0 Å². The Kier molecular flexibility index (Phi) is 4.69. The molecule has 0 aromatic carbocycles. The van der Waals surface area contributed by atoms with E-state index in [0.717, 1.165) is 37.4 Å². The van der Waals surface area contributed by atoms with Crippen molar-refractivity contribution in [3.8, 4) is 0 Å². The molecule has 0 aliphatic carbocycles. The number of nitrogens with one attached hydrogen (secondary N) is 2. The molecule has 24 heavy (non-hydrogen) atoms. The van der Waals surface area contributed by atoms with Gasteiger partial charge < -0.3 is 15.5 Å². The highest BCUT2D eigenvalue weighted by molar-refractivity contribution is 5.98. The zero-order valence-corrected chi connectivity index (χ0v) is 14.4. The van der Waals surface area contributed by atoms with Crippen molar-refractivity contribution in [1.82, 2.24) is 20.1 Å². The van der Waals surface area contributed by atoms with Crippen LogP contribution < -0.4 is 15.5 Å². The average molecular weight is 328 g/mol. The third-order valence-electron chi connectivity index (χ3n) is 4.34. The Balaban J connectivity index is 1.75. The molecule has 7 heteroatoms. The summed E-state index contributed by atoms with van der Waals surface area (Å²) in [6, 6.07) is 5.92. The number of anilines is 2. The highest BCUT2D eigenvalue weighted by atomic mass is 16.1. The molecule has 0 radical (unpaired) electrons. The van der Waals surface area contributed by atoms with Gasteiger partial charge >= 0.3 is 0 Å². The lowest BCUT2D eigenvalue weighted by Crippen LogP contribution is -2.43. The van der Waals surface area contributed by atoms with Gasteiger partial charge in [-0.05, 0) is 31.9 Å². The first-order chi connectivity index (χ1) is 11.6. The molecule has 2 N–H and O–H groups in total. The monoisotopic (exact) mass is 328 g/mol. The number of rotatable bonds is 4. The van der Waals surface area contributed by atoms with E-state index in [4.69, 9.17) is 0 Å². The number of carbonyl (C=O) groups is 1. The maximum absolute atomic E-state index is 12.0. The Labute approximate surface area is 142 Å². The van der Waals surface area contributed by atoms with Crippen LogP contribution in [0.2, 0.25) is 0 Å². The Morgan fingerprint density at radius 1 is 1.42 bits per heavy atom. The summed E-state index contributed by atoms with van der Waals surface area (Å²) in [5.74, 6) is 1.65. The van der Waals surface area contributed by atoms with E-state index < -0.39 is 0 Å². The normalized spacial score (nSPS) is 17.6. The number of aryl methyl sites for hydroxylation is 2.